The normalized spacial score (nSPS) is 20.6. The van der Waals surface area contributed by atoms with E-state index in [2.05, 4.69) is 28.1 Å². The van der Waals surface area contributed by atoms with Crippen molar-refractivity contribution in [2.75, 3.05) is 13.1 Å². The lowest BCUT2D eigenvalue weighted by Gasteiger charge is -2.12. The first-order valence-corrected chi connectivity index (χ1v) is 5.69. The van der Waals surface area contributed by atoms with Crippen LogP contribution < -0.4 is 0 Å². The first-order valence-electron chi connectivity index (χ1n) is 4.90. The zero-order valence-corrected chi connectivity index (χ0v) is 9.77. The Bertz CT molecular complexity index is 363. The topological polar surface area (TPSA) is 40.5 Å². The number of hydrogen-bond acceptors (Lipinski definition) is 1. The van der Waals surface area contributed by atoms with E-state index in [-0.39, 0.29) is 0 Å². The van der Waals surface area contributed by atoms with Gasteiger partial charge in [-0.05, 0) is 24.1 Å². The summed E-state index contributed by atoms with van der Waals surface area (Å²) in [6.45, 7) is 1.27. The fraction of sp³-hybridized carbons (Fsp3) is 0.364. The van der Waals surface area contributed by atoms with E-state index in [0.29, 0.717) is 19.0 Å². The Morgan fingerprint density at radius 3 is 2.60 bits per heavy atom. The minimum Gasteiger partial charge on any atom is -0.465 e. The number of amides is 1. The summed E-state index contributed by atoms with van der Waals surface area (Å²) in [4.78, 5) is 12.2. The van der Waals surface area contributed by atoms with Crippen molar-refractivity contribution < 1.29 is 9.90 Å². The van der Waals surface area contributed by atoms with Gasteiger partial charge in [-0.15, -0.1) is 0 Å². The summed E-state index contributed by atoms with van der Waals surface area (Å²) < 4.78 is 1.05. The first kappa shape index (κ1) is 10.5. The largest absolute Gasteiger partial charge is 0.465 e. The third kappa shape index (κ3) is 2.31. The molecule has 1 aliphatic rings. The number of likely N-dealkylation sites (tertiary alicyclic amines) is 1. The average molecular weight is 270 g/mol. The van der Waals surface area contributed by atoms with Crippen LogP contribution in [0.3, 0.4) is 0 Å². The van der Waals surface area contributed by atoms with Crippen molar-refractivity contribution in [3.63, 3.8) is 0 Å². The molecule has 4 heteroatoms. The number of nitrogens with zero attached hydrogens (tertiary/aromatic N) is 1. The van der Waals surface area contributed by atoms with E-state index in [1.165, 1.54) is 10.5 Å². The molecule has 2 rings (SSSR count). The maximum Gasteiger partial charge on any atom is 0.407 e. The minimum absolute atomic E-state index is 0.356. The molecule has 1 aromatic rings. The molecule has 1 N–H and O–H groups in total. The lowest BCUT2D eigenvalue weighted by molar-refractivity contribution is 0.155. The monoisotopic (exact) mass is 269 g/mol. The van der Waals surface area contributed by atoms with E-state index in [9.17, 15) is 4.79 Å². The number of carboxylic acid groups (broad SMARTS) is 1. The molecule has 0 aromatic heterocycles. The second kappa shape index (κ2) is 4.23. The van der Waals surface area contributed by atoms with Crippen LogP contribution in [-0.4, -0.2) is 29.2 Å². The quantitative estimate of drug-likeness (QED) is 0.852. The van der Waals surface area contributed by atoms with Gasteiger partial charge in [0.25, 0.3) is 0 Å². The van der Waals surface area contributed by atoms with Gasteiger partial charge in [-0.1, -0.05) is 28.1 Å². The lowest BCUT2D eigenvalue weighted by atomic mass is 9.99. The van der Waals surface area contributed by atoms with Crippen molar-refractivity contribution in [3.05, 3.63) is 34.3 Å². The Morgan fingerprint density at radius 2 is 2.07 bits per heavy atom. The molecule has 1 atom stereocenters. The number of carbonyl (C=O) groups is 1. The van der Waals surface area contributed by atoms with E-state index in [4.69, 9.17) is 5.11 Å². The summed E-state index contributed by atoms with van der Waals surface area (Å²) in [7, 11) is 0. The van der Waals surface area contributed by atoms with E-state index in [1.54, 1.807) is 0 Å². The van der Waals surface area contributed by atoms with Gasteiger partial charge in [0.05, 0.1) is 0 Å². The molecule has 0 saturated carbocycles. The molecule has 0 spiro atoms. The van der Waals surface area contributed by atoms with Crippen molar-refractivity contribution >= 4 is 22.0 Å². The predicted molar refractivity (Wildman–Crippen MR) is 61.1 cm³/mol. The molecular weight excluding hydrogens is 258 g/mol. The van der Waals surface area contributed by atoms with Gasteiger partial charge >= 0.3 is 6.09 Å². The molecule has 0 aliphatic carbocycles. The van der Waals surface area contributed by atoms with E-state index in [1.807, 2.05) is 12.1 Å². The Morgan fingerprint density at radius 1 is 1.40 bits per heavy atom. The molecule has 1 saturated heterocycles. The van der Waals surface area contributed by atoms with Gasteiger partial charge in [-0.3, -0.25) is 0 Å². The van der Waals surface area contributed by atoms with Crippen LogP contribution >= 0.6 is 15.9 Å². The number of rotatable bonds is 1. The van der Waals surface area contributed by atoms with Crippen LogP contribution in [0.15, 0.2) is 28.7 Å². The molecular formula is C11H12BrNO2. The zero-order valence-electron chi connectivity index (χ0n) is 8.19. The molecule has 0 radical (unpaired) electrons. The number of hydrogen-bond donors (Lipinski definition) is 1. The molecule has 15 heavy (non-hydrogen) atoms. The van der Waals surface area contributed by atoms with Crippen LogP contribution in [0.1, 0.15) is 17.9 Å². The van der Waals surface area contributed by atoms with Crippen LogP contribution in [0.5, 0.6) is 0 Å². The van der Waals surface area contributed by atoms with Crippen molar-refractivity contribution in [2.45, 2.75) is 12.3 Å². The summed E-state index contributed by atoms with van der Waals surface area (Å²) in [6, 6.07) is 8.11. The summed E-state index contributed by atoms with van der Waals surface area (Å²) in [5, 5.41) is 8.84. The third-order valence-electron chi connectivity index (χ3n) is 2.80. The van der Waals surface area contributed by atoms with Gasteiger partial charge in [0.2, 0.25) is 0 Å². The van der Waals surface area contributed by atoms with Crippen molar-refractivity contribution in [1.82, 2.24) is 4.90 Å². The molecule has 1 fully saturated rings. The van der Waals surface area contributed by atoms with Gasteiger partial charge in [0, 0.05) is 23.5 Å². The highest BCUT2D eigenvalue weighted by Gasteiger charge is 2.26. The molecule has 0 unspecified atom stereocenters. The summed E-state index contributed by atoms with van der Waals surface area (Å²) in [5.74, 6) is 0.356. The molecule has 3 nitrogen and oxygen atoms in total. The Kier molecular flexibility index (Phi) is 2.95. The van der Waals surface area contributed by atoms with Gasteiger partial charge < -0.3 is 10.0 Å². The Hall–Kier alpha value is -1.03. The van der Waals surface area contributed by atoms with E-state index >= 15 is 0 Å². The lowest BCUT2D eigenvalue weighted by Crippen LogP contribution is -2.26. The van der Waals surface area contributed by atoms with Crippen LogP contribution in [0.25, 0.3) is 0 Å². The maximum absolute atomic E-state index is 10.8. The van der Waals surface area contributed by atoms with Gasteiger partial charge in [-0.25, -0.2) is 4.79 Å². The van der Waals surface area contributed by atoms with Crippen molar-refractivity contribution in [3.8, 4) is 0 Å². The molecule has 80 valence electrons. The van der Waals surface area contributed by atoms with Gasteiger partial charge in [0.15, 0.2) is 0 Å². The fourth-order valence-electron chi connectivity index (χ4n) is 1.94. The standard InChI is InChI=1S/C11H12BrNO2/c12-10-3-1-8(2-4-10)9-5-6-13(7-9)11(14)15/h1-4,9H,5-7H2,(H,14,15)/t9-/m1/s1. The molecule has 1 aromatic carbocycles. The highest BCUT2D eigenvalue weighted by molar-refractivity contribution is 9.10. The Labute approximate surface area is 96.8 Å². The van der Waals surface area contributed by atoms with E-state index < -0.39 is 6.09 Å². The van der Waals surface area contributed by atoms with Gasteiger partial charge in [-0.2, -0.15) is 0 Å². The minimum atomic E-state index is -0.811. The average Bonchev–Trinajstić information content (AvgIpc) is 2.68. The molecule has 0 bridgehead atoms. The highest BCUT2D eigenvalue weighted by Crippen LogP contribution is 2.27. The zero-order chi connectivity index (χ0) is 10.8. The first-order chi connectivity index (χ1) is 7.16. The Balaban J connectivity index is 2.07. The summed E-state index contributed by atoms with van der Waals surface area (Å²) in [6.07, 6.45) is 0.114. The fourth-order valence-corrected chi connectivity index (χ4v) is 2.21. The van der Waals surface area contributed by atoms with Crippen LogP contribution in [-0.2, 0) is 0 Å². The van der Waals surface area contributed by atoms with Crippen LogP contribution in [0.2, 0.25) is 0 Å². The van der Waals surface area contributed by atoms with Gasteiger partial charge in [0.1, 0.15) is 0 Å². The third-order valence-corrected chi connectivity index (χ3v) is 3.33. The van der Waals surface area contributed by atoms with Crippen LogP contribution in [0.4, 0.5) is 4.79 Å². The van der Waals surface area contributed by atoms with Crippen LogP contribution in [0, 0.1) is 0 Å². The summed E-state index contributed by atoms with van der Waals surface area (Å²) in [5.41, 5.74) is 1.22. The number of benzene rings is 1. The van der Waals surface area contributed by atoms with Crippen molar-refractivity contribution in [2.24, 2.45) is 0 Å². The van der Waals surface area contributed by atoms with Crippen molar-refractivity contribution in [1.29, 1.82) is 0 Å². The molecule has 1 aliphatic heterocycles. The second-order valence-corrected chi connectivity index (χ2v) is 4.68. The van der Waals surface area contributed by atoms with E-state index in [0.717, 1.165) is 10.9 Å². The SMILES string of the molecule is O=C(O)N1CC[C@@H](c2ccc(Br)cc2)C1. The smallest absolute Gasteiger partial charge is 0.407 e. The highest BCUT2D eigenvalue weighted by atomic mass is 79.9. The predicted octanol–water partition coefficient (Wildman–Crippen LogP) is 2.92. The second-order valence-electron chi connectivity index (χ2n) is 3.77. The molecule has 1 heterocycles. The molecule has 1 amide bonds. The maximum atomic E-state index is 10.8. The summed E-state index contributed by atoms with van der Waals surface area (Å²) >= 11 is 3.38. The number of halogens is 1.